The lowest BCUT2D eigenvalue weighted by Gasteiger charge is -2.12. The van der Waals surface area contributed by atoms with Crippen molar-refractivity contribution >= 4 is 11.6 Å². The fourth-order valence-corrected chi connectivity index (χ4v) is 2.98. The highest BCUT2D eigenvalue weighted by Crippen LogP contribution is 2.28. The van der Waals surface area contributed by atoms with Crippen LogP contribution in [-0.2, 0) is 6.54 Å². The molecule has 20 heavy (non-hydrogen) atoms. The van der Waals surface area contributed by atoms with E-state index in [9.17, 15) is 0 Å². The summed E-state index contributed by atoms with van der Waals surface area (Å²) in [6, 6.07) is 4.13. The van der Waals surface area contributed by atoms with E-state index in [-0.39, 0.29) is 0 Å². The number of halogens is 1. The molecular weight excluding hydrogens is 270 g/mol. The number of hydrogen-bond donors (Lipinski definition) is 1. The molecule has 1 aromatic carbocycles. The summed E-state index contributed by atoms with van der Waals surface area (Å²) in [4.78, 5) is 0. The molecule has 0 aliphatic rings. The topological polar surface area (TPSA) is 29.9 Å². The minimum atomic E-state index is 0.753. The lowest BCUT2D eigenvalue weighted by atomic mass is 10.1. The molecule has 4 heteroatoms. The zero-order valence-corrected chi connectivity index (χ0v) is 13.6. The molecule has 0 unspecified atom stereocenters. The van der Waals surface area contributed by atoms with Crippen molar-refractivity contribution < 1.29 is 0 Å². The standard InChI is InChI=1S/C16H22ClN3/c1-6-18-9-14-12(4)19-20(13(14)5)16-11(3)7-10(2)8-15(16)17/h7-8,18H,6,9H2,1-5H3. The maximum atomic E-state index is 6.43. The van der Waals surface area contributed by atoms with Crippen LogP contribution in [0, 0.1) is 27.7 Å². The predicted octanol–water partition coefficient (Wildman–Crippen LogP) is 3.87. The summed E-state index contributed by atoms with van der Waals surface area (Å²) in [5.41, 5.74) is 6.77. The molecular formula is C16H22ClN3. The lowest BCUT2D eigenvalue weighted by Crippen LogP contribution is -2.13. The third-order valence-corrected chi connectivity index (χ3v) is 3.89. The van der Waals surface area contributed by atoms with Gasteiger partial charge in [0, 0.05) is 17.8 Å². The molecule has 0 aliphatic heterocycles. The molecule has 0 amide bonds. The molecule has 0 bridgehead atoms. The maximum Gasteiger partial charge on any atom is 0.0864 e. The van der Waals surface area contributed by atoms with Gasteiger partial charge in [-0.2, -0.15) is 5.10 Å². The average Bonchev–Trinajstić information content (AvgIpc) is 2.62. The van der Waals surface area contributed by atoms with Crippen molar-refractivity contribution in [2.75, 3.05) is 6.54 Å². The van der Waals surface area contributed by atoms with E-state index in [1.807, 2.05) is 17.7 Å². The summed E-state index contributed by atoms with van der Waals surface area (Å²) in [7, 11) is 0. The van der Waals surface area contributed by atoms with E-state index < -0.39 is 0 Å². The van der Waals surface area contributed by atoms with Crippen LogP contribution in [0.3, 0.4) is 0 Å². The van der Waals surface area contributed by atoms with Gasteiger partial charge in [-0.1, -0.05) is 24.6 Å². The van der Waals surface area contributed by atoms with E-state index in [0.29, 0.717) is 0 Å². The molecule has 0 radical (unpaired) electrons. The van der Waals surface area contributed by atoms with Crippen molar-refractivity contribution in [2.45, 2.75) is 41.2 Å². The molecule has 0 saturated heterocycles. The van der Waals surface area contributed by atoms with E-state index in [2.05, 4.69) is 44.2 Å². The van der Waals surface area contributed by atoms with Crippen LogP contribution in [0.1, 0.15) is 35.0 Å². The van der Waals surface area contributed by atoms with E-state index in [0.717, 1.165) is 40.8 Å². The predicted molar refractivity (Wildman–Crippen MR) is 84.9 cm³/mol. The Balaban J connectivity index is 2.54. The Morgan fingerprint density at radius 2 is 1.90 bits per heavy atom. The maximum absolute atomic E-state index is 6.43. The first kappa shape index (κ1) is 15.1. The van der Waals surface area contributed by atoms with Crippen LogP contribution in [0.4, 0.5) is 0 Å². The highest BCUT2D eigenvalue weighted by Gasteiger charge is 2.16. The van der Waals surface area contributed by atoms with Crippen LogP contribution in [0.25, 0.3) is 5.69 Å². The zero-order valence-electron chi connectivity index (χ0n) is 12.8. The Morgan fingerprint density at radius 1 is 1.20 bits per heavy atom. The molecule has 1 aromatic heterocycles. The third kappa shape index (κ3) is 2.74. The van der Waals surface area contributed by atoms with Crippen molar-refractivity contribution in [3.63, 3.8) is 0 Å². The molecule has 3 nitrogen and oxygen atoms in total. The fourth-order valence-electron chi connectivity index (χ4n) is 2.57. The zero-order chi connectivity index (χ0) is 14.9. The number of rotatable bonds is 4. The number of aryl methyl sites for hydroxylation is 3. The van der Waals surface area contributed by atoms with Gasteiger partial charge in [-0.15, -0.1) is 0 Å². The van der Waals surface area contributed by atoms with Gasteiger partial charge in [-0.25, -0.2) is 4.68 Å². The molecule has 0 fully saturated rings. The summed E-state index contributed by atoms with van der Waals surface area (Å²) in [5, 5.41) is 8.79. The minimum Gasteiger partial charge on any atom is -0.313 e. The SMILES string of the molecule is CCNCc1c(C)nn(-c2c(C)cc(C)cc2Cl)c1C. The smallest absolute Gasteiger partial charge is 0.0864 e. The molecule has 0 atom stereocenters. The lowest BCUT2D eigenvalue weighted by molar-refractivity contribution is 0.719. The van der Waals surface area contributed by atoms with Crippen LogP contribution in [0.5, 0.6) is 0 Å². The van der Waals surface area contributed by atoms with Gasteiger partial charge in [-0.05, 0) is 51.4 Å². The van der Waals surface area contributed by atoms with Crippen molar-refractivity contribution in [1.29, 1.82) is 0 Å². The summed E-state index contributed by atoms with van der Waals surface area (Å²) in [5.74, 6) is 0. The number of nitrogens with one attached hydrogen (secondary N) is 1. The van der Waals surface area contributed by atoms with Crippen molar-refractivity contribution in [3.05, 3.63) is 45.2 Å². The van der Waals surface area contributed by atoms with Gasteiger partial charge in [0.2, 0.25) is 0 Å². The number of nitrogens with zero attached hydrogens (tertiary/aromatic N) is 2. The van der Waals surface area contributed by atoms with Gasteiger partial charge in [0.15, 0.2) is 0 Å². The Morgan fingerprint density at radius 3 is 2.50 bits per heavy atom. The van der Waals surface area contributed by atoms with Crippen LogP contribution in [0.15, 0.2) is 12.1 Å². The highest BCUT2D eigenvalue weighted by molar-refractivity contribution is 6.32. The van der Waals surface area contributed by atoms with Crippen LogP contribution in [0.2, 0.25) is 5.02 Å². The largest absolute Gasteiger partial charge is 0.313 e. The van der Waals surface area contributed by atoms with Gasteiger partial charge in [0.1, 0.15) is 0 Å². The molecule has 0 saturated carbocycles. The Bertz CT molecular complexity index is 606. The first-order valence-electron chi connectivity index (χ1n) is 6.98. The van der Waals surface area contributed by atoms with Crippen LogP contribution >= 0.6 is 11.6 Å². The van der Waals surface area contributed by atoms with Crippen LogP contribution < -0.4 is 5.32 Å². The summed E-state index contributed by atoms with van der Waals surface area (Å²) >= 11 is 6.43. The van der Waals surface area contributed by atoms with Crippen molar-refractivity contribution in [2.24, 2.45) is 0 Å². The number of aromatic nitrogens is 2. The van der Waals surface area contributed by atoms with E-state index in [4.69, 9.17) is 11.6 Å². The quantitative estimate of drug-likeness (QED) is 0.927. The monoisotopic (exact) mass is 291 g/mol. The minimum absolute atomic E-state index is 0.753. The highest BCUT2D eigenvalue weighted by atomic mass is 35.5. The molecule has 108 valence electrons. The number of benzene rings is 1. The van der Waals surface area contributed by atoms with Gasteiger partial charge < -0.3 is 5.32 Å². The second-order valence-corrected chi connectivity index (χ2v) is 5.66. The van der Waals surface area contributed by atoms with Crippen LogP contribution in [-0.4, -0.2) is 16.3 Å². The summed E-state index contributed by atoms with van der Waals surface area (Å²) in [6.07, 6.45) is 0. The Kier molecular flexibility index (Phi) is 4.51. The Labute approximate surface area is 126 Å². The summed E-state index contributed by atoms with van der Waals surface area (Å²) in [6.45, 7) is 12.2. The van der Waals surface area contributed by atoms with Gasteiger partial charge in [0.25, 0.3) is 0 Å². The molecule has 0 spiro atoms. The first-order chi connectivity index (χ1) is 9.45. The first-order valence-corrected chi connectivity index (χ1v) is 7.36. The normalized spacial score (nSPS) is 11.1. The molecule has 0 aliphatic carbocycles. The van der Waals surface area contributed by atoms with Crippen molar-refractivity contribution in [1.82, 2.24) is 15.1 Å². The molecule has 2 aromatic rings. The third-order valence-electron chi connectivity index (χ3n) is 3.60. The Hall–Kier alpha value is -1.32. The van der Waals surface area contributed by atoms with Gasteiger partial charge in [0.05, 0.1) is 16.4 Å². The molecule has 1 heterocycles. The fraction of sp³-hybridized carbons (Fsp3) is 0.438. The number of hydrogen-bond acceptors (Lipinski definition) is 2. The summed E-state index contributed by atoms with van der Waals surface area (Å²) < 4.78 is 1.97. The van der Waals surface area contributed by atoms with Gasteiger partial charge >= 0.3 is 0 Å². The van der Waals surface area contributed by atoms with E-state index >= 15 is 0 Å². The average molecular weight is 292 g/mol. The van der Waals surface area contributed by atoms with Crippen molar-refractivity contribution in [3.8, 4) is 5.69 Å². The van der Waals surface area contributed by atoms with E-state index in [1.165, 1.54) is 11.1 Å². The molecule has 2 rings (SSSR count). The second kappa shape index (κ2) is 5.98. The van der Waals surface area contributed by atoms with Gasteiger partial charge in [-0.3, -0.25) is 0 Å². The molecule has 1 N–H and O–H groups in total. The van der Waals surface area contributed by atoms with E-state index in [1.54, 1.807) is 0 Å². The second-order valence-electron chi connectivity index (χ2n) is 5.25.